The molecule has 0 saturated carbocycles. The number of rotatable bonds is 4. The average molecular weight is 272 g/mol. The van der Waals surface area contributed by atoms with Crippen molar-refractivity contribution in [1.29, 1.82) is 0 Å². The van der Waals surface area contributed by atoms with E-state index in [4.69, 9.17) is 0 Å². The third-order valence-electron chi connectivity index (χ3n) is 3.46. The highest BCUT2D eigenvalue weighted by Crippen LogP contribution is 2.27. The zero-order valence-corrected chi connectivity index (χ0v) is 12.0. The summed E-state index contributed by atoms with van der Waals surface area (Å²) in [5.41, 5.74) is 3.12. The van der Waals surface area contributed by atoms with Crippen molar-refractivity contribution in [1.82, 2.24) is 5.32 Å². The molecule has 1 heterocycles. The minimum absolute atomic E-state index is 0.114. The average Bonchev–Trinajstić information content (AvgIpc) is 2.76. The number of benzene rings is 1. The monoisotopic (exact) mass is 272 g/mol. The van der Waals surface area contributed by atoms with Crippen LogP contribution in [0.3, 0.4) is 0 Å². The largest absolute Gasteiger partial charge is 0.352 e. The Kier molecular flexibility index (Phi) is 4.23. The molecular weight excluding hydrogens is 252 g/mol. The highest BCUT2D eigenvalue weighted by Gasteiger charge is 2.37. The van der Waals surface area contributed by atoms with E-state index >= 15 is 0 Å². The number of carbonyl (C=O) groups is 2. The molecule has 0 unspecified atom stereocenters. The van der Waals surface area contributed by atoms with Crippen molar-refractivity contribution in [2.75, 3.05) is 18.0 Å². The first-order valence-corrected chi connectivity index (χ1v) is 6.81. The molecule has 1 N–H and O–H groups in total. The summed E-state index contributed by atoms with van der Waals surface area (Å²) in [6, 6.07) is 6.03. The summed E-state index contributed by atoms with van der Waals surface area (Å²) >= 11 is 0. The molecule has 1 aliphatic heterocycles. The van der Waals surface area contributed by atoms with Crippen LogP contribution in [0.5, 0.6) is 0 Å². The maximum atomic E-state index is 12.4. The van der Waals surface area contributed by atoms with Gasteiger partial charge in [-0.1, -0.05) is 12.1 Å². The fraction of sp³-hybridized carbons (Fsp3) is 0.375. The number of nitrogens with zero attached hydrogens (tertiary/aromatic N) is 1. The molecule has 1 aliphatic rings. The number of hydrogen-bond acceptors (Lipinski definition) is 2. The number of anilines is 1. The molecule has 1 fully saturated rings. The maximum absolute atomic E-state index is 12.4. The Morgan fingerprint density at radius 3 is 2.65 bits per heavy atom. The Morgan fingerprint density at radius 2 is 2.05 bits per heavy atom. The van der Waals surface area contributed by atoms with E-state index in [1.807, 2.05) is 26.0 Å². The molecule has 0 radical (unpaired) electrons. The Morgan fingerprint density at radius 1 is 1.40 bits per heavy atom. The van der Waals surface area contributed by atoms with Gasteiger partial charge in [-0.2, -0.15) is 0 Å². The van der Waals surface area contributed by atoms with E-state index in [1.54, 1.807) is 11.0 Å². The number of nitrogens with one attached hydrogen (secondary N) is 1. The molecule has 0 aromatic heterocycles. The van der Waals surface area contributed by atoms with Crippen LogP contribution in [0.4, 0.5) is 5.69 Å². The molecule has 1 aromatic carbocycles. The van der Waals surface area contributed by atoms with Crippen LogP contribution in [0.2, 0.25) is 0 Å². The van der Waals surface area contributed by atoms with Crippen molar-refractivity contribution in [2.24, 2.45) is 5.92 Å². The number of amides is 2. The number of aryl methyl sites for hydroxylation is 2. The van der Waals surface area contributed by atoms with Gasteiger partial charge in [-0.15, -0.1) is 6.58 Å². The summed E-state index contributed by atoms with van der Waals surface area (Å²) < 4.78 is 0. The Labute approximate surface area is 119 Å². The summed E-state index contributed by atoms with van der Waals surface area (Å²) in [6.45, 7) is 8.55. The fourth-order valence-corrected chi connectivity index (χ4v) is 2.58. The predicted octanol–water partition coefficient (Wildman–Crippen LogP) is 1.96. The molecule has 4 nitrogen and oxygen atoms in total. The first-order valence-electron chi connectivity index (χ1n) is 6.81. The number of carbonyl (C=O) groups excluding carboxylic acids is 2. The molecule has 2 rings (SSSR count). The van der Waals surface area contributed by atoms with Crippen LogP contribution in [0.15, 0.2) is 30.9 Å². The van der Waals surface area contributed by atoms with Gasteiger partial charge in [-0.3, -0.25) is 9.59 Å². The van der Waals surface area contributed by atoms with Crippen LogP contribution in [-0.2, 0) is 9.59 Å². The van der Waals surface area contributed by atoms with Crippen molar-refractivity contribution >= 4 is 17.5 Å². The smallest absolute Gasteiger partial charge is 0.239 e. The van der Waals surface area contributed by atoms with E-state index < -0.39 is 5.92 Å². The molecule has 0 spiro atoms. The van der Waals surface area contributed by atoms with Gasteiger partial charge in [0.15, 0.2) is 0 Å². The van der Waals surface area contributed by atoms with E-state index in [1.165, 1.54) is 0 Å². The summed E-state index contributed by atoms with van der Waals surface area (Å²) in [5, 5.41) is 2.69. The van der Waals surface area contributed by atoms with Crippen LogP contribution >= 0.6 is 0 Å². The summed E-state index contributed by atoms with van der Waals surface area (Å²) in [4.78, 5) is 26.0. The standard InChI is InChI=1S/C16H20N2O2/c1-4-6-17-15(19)14-5-7-18(16(14)20)13-9-11(2)8-12(3)10-13/h4,8-10,14H,1,5-7H2,2-3H3,(H,17,19)/t14-/m0/s1. The van der Waals surface area contributed by atoms with E-state index in [-0.39, 0.29) is 11.8 Å². The van der Waals surface area contributed by atoms with Crippen LogP contribution in [0.25, 0.3) is 0 Å². The van der Waals surface area contributed by atoms with Gasteiger partial charge < -0.3 is 10.2 Å². The van der Waals surface area contributed by atoms with Gasteiger partial charge in [0.05, 0.1) is 0 Å². The third kappa shape index (κ3) is 2.90. The minimum Gasteiger partial charge on any atom is -0.352 e. The zero-order chi connectivity index (χ0) is 14.7. The highest BCUT2D eigenvalue weighted by molar-refractivity contribution is 6.09. The minimum atomic E-state index is -0.573. The van der Waals surface area contributed by atoms with Gasteiger partial charge in [0.2, 0.25) is 11.8 Å². The van der Waals surface area contributed by atoms with Crippen LogP contribution < -0.4 is 10.2 Å². The second kappa shape index (κ2) is 5.90. The van der Waals surface area contributed by atoms with E-state index in [9.17, 15) is 9.59 Å². The van der Waals surface area contributed by atoms with Crippen molar-refractivity contribution in [3.63, 3.8) is 0 Å². The van der Waals surface area contributed by atoms with Gasteiger partial charge >= 0.3 is 0 Å². The Bertz CT molecular complexity index is 531. The second-order valence-electron chi connectivity index (χ2n) is 5.21. The molecule has 1 saturated heterocycles. The van der Waals surface area contributed by atoms with Crippen LogP contribution in [0, 0.1) is 19.8 Å². The van der Waals surface area contributed by atoms with Gasteiger partial charge in [0.25, 0.3) is 0 Å². The fourth-order valence-electron chi connectivity index (χ4n) is 2.58. The van der Waals surface area contributed by atoms with Crippen LogP contribution in [-0.4, -0.2) is 24.9 Å². The lowest BCUT2D eigenvalue weighted by Gasteiger charge is -2.18. The molecule has 20 heavy (non-hydrogen) atoms. The maximum Gasteiger partial charge on any atom is 0.239 e. The lowest BCUT2D eigenvalue weighted by molar-refractivity contribution is -0.131. The van der Waals surface area contributed by atoms with Gasteiger partial charge in [0.1, 0.15) is 5.92 Å². The highest BCUT2D eigenvalue weighted by atomic mass is 16.2. The Hall–Kier alpha value is -2.10. The molecule has 1 atom stereocenters. The molecule has 4 heteroatoms. The van der Waals surface area contributed by atoms with Crippen molar-refractivity contribution in [3.05, 3.63) is 42.0 Å². The third-order valence-corrected chi connectivity index (χ3v) is 3.46. The normalized spacial score (nSPS) is 18.2. The first kappa shape index (κ1) is 14.3. The topological polar surface area (TPSA) is 49.4 Å². The summed E-state index contributed by atoms with van der Waals surface area (Å²) in [5.74, 6) is -0.894. The lowest BCUT2D eigenvalue weighted by atomic mass is 10.1. The van der Waals surface area contributed by atoms with Crippen molar-refractivity contribution in [3.8, 4) is 0 Å². The van der Waals surface area contributed by atoms with Gasteiger partial charge in [-0.25, -0.2) is 0 Å². The van der Waals surface area contributed by atoms with Crippen LogP contribution in [0.1, 0.15) is 17.5 Å². The molecule has 0 aliphatic carbocycles. The molecule has 1 aromatic rings. The molecule has 2 amide bonds. The second-order valence-corrected chi connectivity index (χ2v) is 5.21. The molecule has 106 valence electrons. The Balaban J connectivity index is 2.14. The molecular formula is C16H20N2O2. The van der Waals surface area contributed by atoms with Crippen molar-refractivity contribution in [2.45, 2.75) is 20.3 Å². The summed E-state index contributed by atoms with van der Waals surface area (Å²) in [6.07, 6.45) is 2.17. The zero-order valence-electron chi connectivity index (χ0n) is 12.0. The molecule has 0 bridgehead atoms. The lowest BCUT2D eigenvalue weighted by Crippen LogP contribution is -2.36. The van der Waals surface area contributed by atoms with E-state index in [0.717, 1.165) is 16.8 Å². The van der Waals surface area contributed by atoms with Crippen molar-refractivity contribution < 1.29 is 9.59 Å². The van der Waals surface area contributed by atoms with E-state index in [2.05, 4.69) is 18.0 Å². The summed E-state index contributed by atoms with van der Waals surface area (Å²) in [7, 11) is 0. The SMILES string of the molecule is C=CCNC(=O)[C@@H]1CCN(c2cc(C)cc(C)c2)C1=O. The quantitative estimate of drug-likeness (QED) is 0.673. The van der Waals surface area contributed by atoms with E-state index in [0.29, 0.717) is 19.5 Å². The van der Waals surface area contributed by atoms with Gasteiger partial charge in [0, 0.05) is 18.8 Å². The predicted molar refractivity (Wildman–Crippen MR) is 79.6 cm³/mol. The first-order chi connectivity index (χ1) is 9.52. The van der Waals surface area contributed by atoms with Gasteiger partial charge in [-0.05, 0) is 43.5 Å². The number of hydrogen-bond donors (Lipinski definition) is 1.